The molecule has 0 unspecified atom stereocenters. The smallest absolute Gasteiger partial charge is 0.335 e. The third kappa shape index (κ3) is 6.84. The van der Waals surface area contributed by atoms with E-state index in [1.54, 1.807) is 0 Å². The number of aliphatic hydroxyl groups is 3. The molecular formula is C20H32O11. The van der Waals surface area contributed by atoms with Gasteiger partial charge in [-0.1, -0.05) is 32.6 Å². The van der Waals surface area contributed by atoms with Crippen LogP contribution in [-0.2, 0) is 28.6 Å². The molecule has 2 fully saturated rings. The molecule has 8 atom stereocenters. The third-order valence-electron chi connectivity index (χ3n) is 5.72. The number of unbranched alkanes of at least 4 members (excludes halogenated alkanes) is 3. The average molecular weight is 448 g/mol. The van der Waals surface area contributed by atoms with Gasteiger partial charge >= 0.3 is 17.9 Å². The van der Waals surface area contributed by atoms with Crippen LogP contribution in [0.5, 0.6) is 0 Å². The number of aliphatic carboxylic acids is 2. The molecule has 0 aromatic carbocycles. The predicted octanol–water partition coefficient (Wildman–Crippen LogP) is 0.0307. The van der Waals surface area contributed by atoms with Crippen molar-refractivity contribution in [3.8, 4) is 0 Å². The molecule has 0 saturated carbocycles. The van der Waals surface area contributed by atoms with Crippen LogP contribution in [-0.4, -0.2) is 86.4 Å². The molecule has 0 aromatic heterocycles. The molecular weight excluding hydrogens is 416 g/mol. The number of aliphatic hydroxyl groups excluding tert-OH is 3. The number of carbonyl (C=O) groups is 3. The van der Waals surface area contributed by atoms with Crippen molar-refractivity contribution in [3.05, 3.63) is 0 Å². The second kappa shape index (κ2) is 11.7. The summed E-state index contributed by atoms with van der Waals surface area (Å²) in [7, 11) is 0. The summed E-state index contributed by atoms with van der Waals surface area (Å²) >= 11 is 0. The molecule has 31 heavy (non-hydrogen) atoms. The molecule has 0 spiro atoms. The molecule has 2 aliphatic rings. The van der Waals surface area contributed by atoms with Crippen LogP contribution in [0.1, 0.15) is 58.3 Å². The Balaban J connectivity index is 2.18. The summed E-state index contributed by atoms with van der Waals surface area (Å²) in [5, 5.41) is 49.1. The van der Waals surface area contributed by atoms with E-state index in [0.717, 1.165) is 19.3 Å². The fourth-order valence-corrected chi connectivity index (χ4v) is 3.92. The Labute approximate surface area is 179 Å². The standard InChI is InChI=1S/C20H32O11/c1-2-3-4-5-6-11(18(25)26)12(9-10-7-8-13(21)29-10)30-20-16(24)14(22)15(23)17(31-20)19(27)28/h10-12,14-17,20,22-24H,2-9H2,1H3,(H,25,26)(H,27,28)/t10-,11-,12+,14-,15-,16+,17-,20+/m0/s1. The van der Waals surface area contributed by atoms with Gasteiger partial charge in [-0.25, -0.2) is 4.79 Å². The van der Waals surface area contributed by atoms with Crippen LogP contribution in [0.4, 0.5) is 0 Å². The number of esters is 1. The number of hydrogen-bond acceptors (Lipinski definition) is 9. The van der Waals surface area contributed by atoms with Gasteiger partial charge in [0.2, 0.25) is 0 Å². The van der Waals surface area contributed by atoms with E-state index in [-0.39, 0.29) is 19.3 Å². The number of carboxylic acids is 2. The summed E-state index contributed by atoms with van der Waals surface area (Å²) < 4.78 is 16.0. The van der Waals surface area contributed by atoms with Crippen molar-refractivity contribution in [3.63, 3.8) is 0 Å². The molecule has 11 nitrogen and oxygen atoms in total. The molecule has 2 aliphatic heterocycles. The number of hydrogen-bond donors (Lipinski definition) is 5. The number of carbonyl (C=O) groups excluding carboxylic acids is 1. The maximum Gasteiger partial charge on any atom is 0.335 e. The van der Waals surface area contributed by atoms with Gasteiger partial charge in [0, 0.05) is 12.8 Å². The fourth-order valence-electron chi connectivity index (χ4n) is 3.92. The highest BCUT2D eigenvalue weighted by Crippen LogP contribution is 2.30. The van der Waals surface area contributed by atoms with Crippen LogP contribution in [0.25, 0.3) is 0 Å². The summed E-state index contributed by atoms with van der Waals surface area (Å²) in [6.45, 7) is 2.02. The zero-order valence-electron chi connectivity index (χ0n) is 17.5. The largest absolute Gasteiger partial charge is 0.481 e. The highest BCUT2D eigenvalue weighted by atomic mass is 16.7. The Hall–Kier alpha value is -1.79. The van der Waals surface area contributed by atoms with Crippen molar-refractivity contribution in [2.45, 2.75) is 101 Å². The van der Waals surface area contributed by atoms with Crippen LogP contribution in [0, 0.1) is 5.92 Å². The monoisotopic (exact) mass is 448 g/mol. The van der Waals surface area contributed by atoms with E-state index in [0.29, 0.717) is 12.8 Å². The van der Waals surface area contributed by atoms with E-state index in [1.807, 2.05) is 6.92 Å². The van der Waals surface area contributed by atoms with Crippen molar-refractivity contribution in [1.82, 2.24) is 0 Å². The van der Waals surface area contributed by atoms with Gasteiger partial charge in [-0.05, 0) is 12.8 Å². The van der Waals surface area contributed by atoms with Gasteiger partial charge in [-0.3, -0.25) is 9.59 Å². The van der Waals surface area contributed by atoms with Crippen LogP contribution in [0.15, 0.2) is 0 Å². The third-order valence-corrected chi connectivity index (χ3v) is 5.72. The second-order valence-corrected chi connectivity index (χ2v) is 8.09. The molecule has 178 valence electrons. The summed E-state index contributed by atoms with van der Waals surface area (Å²) in [6.07, 6.45) is -6.56. The first-order valence-corrected chi connectivity index (χ1v) is 10.7. The quantitative estimate of drug-likeness (QED) is 0.201. The van der Waals surface area contributed by atoms with E-state index in [9.17, 15) is 39.9 Å². The highest BCUT2D eigenvalue weighted by molar-refractivity contribution is 5.73. The van der Waals surface area contributed by atoms with E-state index < -0.39 is 66.7 Å². The maximum atomic E-state index is 12.0. The van der Waals surface area contributed by atoms with Crippen LogP contribution in [0.3, 0.4) is 0 Å². The normalized spacial score (nSPS) is 33.0. The Morgan fingerprint density at radius 1 is 1.10 bits per heavy atom. The summed E-state index contributed by atoms with van der Waals surface area (Å²) in [5.41, 5.74) is 0. The molecule has 0 radical (unpaired) electrons. The number of ether oxygens (including phenoxy) is 3. The Morgan fingerprint density at radius 2 is 1.81 bits per heavy atom. The van der Waals surface area contributed by atoms with Gasteiger partial charge in [0.1, 0.15) is 24.4 Å². The molecule has 2 saturated heterocycles. The lowest BCUT2D eigenvalue weighted by Gasteiger charge is -2.40. The number of carboxylic acid groups (broad SMARTS) is 2. The van der Waals surface area contributed by atoms with Crippen LogP contribution < -0.4 is 0 Å². The molecule has 2 rings (SSSR count). The first-order valence-electron chi connectivity index (χ1n) is 10.7. The lowest BCUT2D eigenvalue weighted by molar-refractivity contribution is -0.309. The zero-order chi connectivity index (χ0) is 23.1. The number of cyclic esters (lactones) is 1. The lowest BCUT2D eigenvalue weighted by atomic mass is 9.90. The highest BCUT2D eigenvalue weighted by Gasteiger charge is 2.49. The molecule has 0 aliphatic carbocycles. The SMILES string of the molecule is CCCCCC[C@H](C(=O)O)[C@@H](C[C@@H]1CCC(=O)O1)O[C@@H]1O[C@H](C(=O)O)[C@@H](O)[C@H](O)[C@H]1O. The van der Waals surface area contributed by atoms with Gasteiger partial charge in [0.15, 0.2) is 12.4 Å². The van der Waals surface area contributed by atoms with Gasteiger partial charge in [-0.15, -0.1) is 0 Å². The minimum Gasteiger partial charge on any atom is -0.481 e. The summed E-state index contributed by atoms with van der Waals surface area (Å²) in [6, 6.07) is 0. The molecule has 2 heterocycles. The average Bonchev–Trinajstić information content (AvgIpc) is 3.12. The van der Waals surface area contributed by atoms with Crippen molar-refractivity contribution in [1.29, 1.82) is 0 Å². The minimum absolute atomic E-state index is 0.0133. The fraction of sp³-hybridized carbons (Fsp3) is 0.850. The van der Waals surface area contributed by atoms with Crippen molar-refractivity contribution in [2.24, 2.45) is 5.92 Å². The predicted molar refractivity (Wildman–Crippen MR) is 103 cm³/mol. The van der Waals surface area contributed by atoms with Crippen LogP contribution in [0.2, 0.25) is 0 Å². The number of rotatable bonds is 12. The van der Waals surface area contributed by atoms with E-state index in [1.165, 1.54) is 0 Å². The minimum atomic E-state index is -1.88. The van der Waals surface area contributed by atoms with Gasteiger partial charge < -0.3 is 39.7 Å². The van der Waals surface area contributed by atoms with E-state index in [2.05, 4.69) is 0 Å². The van der Waals surface area contributed by atoms with Crippen molar-refractivity contribution in [2.75, 3.05) is 0 Å². The van der Waals surface area contributed by atoms with Crippen molar-refractivity contribution < 1.29 is 54.1 Å². The van der Waals surface area contributed by atoms with E-state index in [4.69, 9.17) is 14.2 Å². The Bertz CT molecular complexity index is 624. The van der Waals surface area contributed by atoms with Gasteiger partial charge in [-0.2, -0.15) is 0 Å². The maximum absolute atomic E-state index is 12.0. The lowest BCUT2D eigenvalue weighted by Crippen LogP contribution is -2.61. The molecule has 0 aromatic rings. The first-order chi connectivity index (χ1) is 14.6. The second-order valence-electron chi connectivity index (χ2n) is 8.09. The first kappa shape index (κ1) is 25.5. The Kier molecular flexibility index (Phi) is 9.63. The molecule has 0 amide bonds. The Morgan fingerprint density at radius 3 is 2.35 bits per heavy atom. The van der Waals surface area contributed by atoms with E-state index >= 15 is 0 Å². The summed E-state index contributed by atoms with van der Waals surface area (Å²) in [4.78, 5) is 34.8. The zero-order valence-corrected chi connectivity index (χ0v) is 17.5. The van der Waals surface area contributed by atoms with Crippen molar-refractivity contribution >= 4 is 17.9 Å². The molecule has 0 bridgehead atoms. The van der Waals surface area contributed by atoms with Crippen LogP contribution >= 0.6 is 0 Å². The van der Waals surface area contributed by atoms with Gasteiger partial charge in [0.05, 0.1) is 12.0 Å². The summed E-state index contributed by atoms with van der Waals surface area (Å²) in [5.74, 6) is -4.15. The molecule has 11 heteroatoms. The van der Waals surface area contributed by atoms with Gasteiger partial charge in [0.25, 0.3) is 0 Å². The topological polar surface area (TPSA) is 180 Å². The molecule has 5 N–H and O–H groups in total.